The SMILES string of the molecule is CCNC(=O)N1CCCC(NC(=O)C(=O)N(C)C)C1COC1CCC(c2cccc(F)c2)CC1. The molecule has 8 nitrogen and oxygen atoms in total. The summed E-state index contributed by atoms with van der Waals surface area (Å²) in [5.74, 6) is -1.18. The molecule has 3 rings (SSSR count). The molecular formula is C25H37FN4O4. The summed E-state index contributed by atoms with van der Waals surface area (Å²) < 4.78 is 19.9. The number of nitrogens with one attached hydrogen (secondary N) is 2. The van der Waals surface area contributed by atoms with E-state index in [0.717, 1.165) is 37.7 Å². The molecule has 0 radical (unpaired) electrons. The van der Waals surface area contributed by atoms with Crippen LogP contribution in [0.2, 0.25) is 0 Å². The van der Waals surface area contributed by atoms with Crippen molar-refractivity contribution in [2.24, 2.45) is 0 Å². The molecular weight excluding hydrogens is 439 g/mol. The van der Waals surface area contributed by atoms with Crippen molar-refractivity contribution in [3.8, 4) is 0 Å². The second-order valence-corrected chi connectivity index (χ2v) is 9.38. The predicted molar refractivity (Wildman–Crippen MR) is 127 cm³/mol. The van der Waals surface area contributed by atoms with Crippen LogP contribution in [0.3, 0.4) is 0 Å². The number of likely N-dealkylation sites (N-methyl/N-ethyl adjacent to an activating group) is 1. The van der Waals surface area contributed by atoms with E-state index in [2.05, 4.69) is 10.6 Å². The summed E-state index contributed by atoms with van der Waals surface area (Å²) >= 11 is 0. The minimum atomic E-state index is -0.673. The average molecular weight is 477 g/mol. The van der Waals surface area contributed by atoms with E-state index < -0.39 is 11.8 Å². The van der Waals surface area contributed by atoms with E-state index in [1.54, 1.807) is 17.0 Å². The summed E-state index contributed by atoms with van der Waals surface area (Å²) in [5.41, 5.74) is 1.03. The van der Waals surface area contributed by atoms with Crippen LogP contribution in [0.5, 0.6) is 0 Å². The van der Waals surface area contributed by atoms with E-state index >= 15 is 0 Å². The summed E-state index contributed by atoms with van der Waals surface area (Å²) in [4.78, 5) is 40.2. The number of urea groups is 1. The van der Waals surface area contributed by atoms with E-state index in [1.807, 2.05) is 13.0 Å². The number of carbonyl (C=O) groups is 3. The van der Waals surface area contributed by atoms with Gasteiger partial charge in [-0.2, -0.15) is 0 Å². The normalized spacial score (nSPS) is 24.9. The fourth-order valence-corrected chi connectivity index (χ4v) is 4.93. The first kappa shape index (κ1) is 25.9. The first-order valence-electron chi connectivity index (χ1n) is 12.2. The van der Waals surface area contributed by atoms with Gasteiger partial charge >= 0.3 is 17.8 Å². The molecule has 0 spiro atoms. The first-order chi connectivity index (χ1) is 16.3. The molecule has 1 aromatic carbocycles. The first-order valence-corrected chi connectivity index (χ1v) is 12.2. The number of amides is 4. The zero-order chi connectivity index (χ0) is 24.7. The van der Waals surface area contributed by atoms with Gasteiger partial charge in [-0.15, -0.1) is 0 Å². The van der Waals surface area contributed by atoms with Crippen LogP contribution in [0.4, 0.5) is 9.18 Å². The zero-order valence-electron chi connectivity index (χ0n) is 20.4. The molecule has 2 fully saturated rings. The van der Waals surface area contributed by atoms with E-state index in [-0.39, 0.29) is 36.6 Å². The van der Waals surface area contributed by atoms with Crippen molar-refractivity contribution in [2.45, 2.75) is 69.6 Å². The van der Waals surface area contributed by atoms with Crippen LogP contribution < -0.4 is 10.6 Å². The quantitative estimate of drug-likeness (QED) is 0.618. The largest absolute Gasteiger partial charge is 0.376 e. The highest BCUT2D eigenvalue weighted by atomic mass is 19.1. The summed E-state index contributed by atoms with van der Waals surface area (Å²) in [6.45, 7) is 3.22. The lowest BCUT2D eigenvalue weighted by Gasteiger charge is -2.42. The third-order valence-corrected chi connectivity index (χ3v) is 6.78. The van der Waals surface area contributed by atoms with Gasteiger partial charge in [0.2, 0.25) is 0 Å². The minimum Gasteiger partial charge on any atom is -0.376 e. The second-order valence-electron chi connectivity index (χ2n) is 9.38. The van der Waals surface area contributed by atoms with Crippen LogP contribution in [-0.4, -0.2) is 79.6 Å². The molecule has 0 aromatic heterocycles. The molecule has 1 aliphatic carbocycles. The van der Waals surface area contributed by atoms with Crippen LogP contribution in [0.15, 0.2) is 24.3 Å². The predicted octanol–water partition coefficient (Wildman–Crippen LogP) is 2.64. The van der Waals surface area contributed by atoms with Crippen LogP contribution in [0.25, 0.3) is 0 Å². The Morgan fingerprint density at radius 2 is 1.88 bits per heavy atom. The Morgan fingerprint density at radius 1 is 1.15 bits per heavy atom. The lowest BCUT2D eigenvalue weighted by molar-refractivity contribution is -0.145. The lowest BCUT2D eigenvalue weighted by atomic mass is 9.82. The maximum absolute atomic E-state index is 13.6. The van der Waals surface area contributed by atoms with E-state index in [1.165, 1.54) is 25.1 Å². The maximum atomic E-state index is 13.6. The number of nitrogens with zero attached hydrogens (tertiary/aromatic N) is 2. The van der Waals surface area contributed by atoms with Gasteiger partial charge in [0, 0.05) is 27.2 Å². The molecule has 2 atom stereocenters. The van der Waals surface area contributed by atoms with Crippen molar-refractivity contribution in [1.29, 1.82) is 0 Å². The van der Waals surface area contributed by atoms with Crippen molar-refractivity contribution >= 4 is 17.8 Å². The van der Waals surface area contributed by atoms with Gasteiger partial charge < -0.3 is 25.2 Å². The molecule has 1 heterocycles. The van der Waals surface area contributed by atoms with Gasteiger partial charge in [-0.1, -0.05) is 12.1 Å². The number of carbonyl (C=O) groups excluding carboxylic acids is 3. The Bertz CT molecular complexity index is 857. The van der Waals surface area contributed by atoms with Crippen LogP contribution in [0, 0.1) is 5.82 Å². The standard InChI is InChI=1S/C25H37FN4O4/c1-4-27-25(33)30-14-6-9-21(28-23(31)24(32)29(2)3)22(30)16-34-20-12-10-17(11-13-20)18-7-5-8-19(26)15-18/h5,7-8,15,17,20-22H,4,6,9-14,16H2,1-3H3,(H,27,33)(H,28,31). The number of piperidine rings is 1. The highest BCUT2D eigenvalue weighted by Crippen LogP contribution is 2.34. The van der Waals surface area contributed by atoms with Crippen LogP contribution >= 0.6 is 0 Å². The Hall–Kier alpha value is -2.68. The number of ether oxygens (including phenoxy) is 1. The van der Waals surface area contributed by atoms with Gasteiger partial charge in [0.15, 0.2) is 0 Å². The molecule has 9 heteroatoms. The lowest BCUT2D eigenvalue weighted by Crippen LogP contribution is -2.62. The van der Waals surface area contributed by atoms with Gasteiger partial charge in [-0.05, 0) is 69.1 Å². The Kier molecular flexibility index (Phi) is 9.27. The van der Waals surface area contributed by atoms with Crippen molar-refractivity contribution in [3.05, 3.63) is 35.6 Å². The molecule has 2 unspecified atom stereocenters. The number of halogens is 1. The fraction of sp³-hybridized carbons (Fsp3) is 0.640. The summed E-state index contributed by atoms with van der Waals surface area (Å²) in [6.07, 6.45) is 4.97. The van der Waals surface area contributed by atoms with Crippen molar-refractivity contribution in [3.63, 3.8) is 0 Å². The number of benzene rings is 1. The van der Waals surface area contributed by atoms with Gasteiger partial charge in [-0.3, -0.25) is 9.59 Å². The monoisotopic (exact) mass is 476 g/mol. The van der Waals surface area contributed by atoms with Crippen molar-refractivity contribution < 1.29 is 23.5 Å². The molecule has 4 amide bonds. The summed E-state index contributed by atoms with van der Waals surface area (Å²) in [6, 6.07) is 5.89. The van der Waals surface area contributed by atoms with Gasteiger partial charge in [0.25, 0.3) is 0 Å². The highest BCUT2D eigenvalue weighted by molar-refractivity contribution is 6.34. The third kappa shape index (κ3) is 6.68. The van der Waals surface area contributed by atoms with E-state index in [0.29, 0.717) is 25.4 Å². The molecule has 1 aromatic rings. The zero-order valence-corrected chi connectivity index (χ0v) is 20.4. The Morgan fingerprint density at radius 3 is 2.53 bits per heavy atom. The van der Waals surface area contributed by atoms with E-state index in [4.69, 9.17) is 4.74 Å². The molecule has 188 valence electrons. The third-order valence-electron chi connectivity index (χ3n) is 6.78. The van der Waals surface area contributed by atoms with Gasteiger partial charge in [0.1, 0.15) is 5.82 Å². The van der Waals surface area contributed by atoms with Crippen LogP contribution in [-0.2, 0) is 14.3 Å². The van der Waals surface area contributed by atoms with Gasteiger partial charge in [-0.25, -0.2) is 9.18 Å². The number of hydrogen-bond donors (Lipinski definition) is 2. The topological polar surface area (TPSA) is 91.0 Å². The molecule has 1 aliphatic heterocycles. The van der Waals surface area contributed by atoms with Crippen molar-refractivity contribution in [2.75, 3.05) is 33.8 Å². The number of rotatable bonds is 6. The fourth-order valence-electron chi connectivity index (χ4n) is 4.93. The molecule has 0 bridgehead atoms. The highest BCUT2D eigenvalue weighted by Gasteiger charge is 2.37. The molecule has 1 saturated carbocycles. The van der Waals surface area contributed by atoms with Gasteiger partial charge in [0.05, 0.1) is 24.8 Å². The molecule has 34 heavy (non-hydrogen) atoms. The summed E-state index contributed by atoms with van der Waals surface area (Å²) in [5, 5.41) is 5.67. The minimum absolute atomic E-state index is 0.0441. The van der Waals surface area contributed by atoms with Crippen molar-refractivity contribution in [1.82, 2.24) is 20.4 Å². The molecule has 2 aliphatic rings. The van der Waals surface area contributed by atoms with Crippen LogP contribution in [0.1, 0.15) is 56.9 Å². The number of hydrogen-bond acceptors (Lipinski definition) is 4. The number of likely N-dealkylation sites (tertiary alicyclic amines) is 1. The average Bonchev–Trinajstić information content (AvgIpc) is 2.83. The second kappa shape index (κ2) is 12.1. The summed E-state index contributed by atoms with van der Waals surface area (Å²) in [7, 11) is 3.06. The maximum Gasteiger partial charge on any atom is 0.317 e. The molecule has 2 N–H and O–H groups in total. The smallest absolute Gasteiger partial charge is 0.317 e. The Labute approximate surface area is 201 Å². The molecule has 1 saturated heterocycles. The van der Waals surface area contributed by atoms with E-state index in [9.17, 15) is 18.8 Å². The Balaban J connectivity index is 1.61.